The highest BCUT2D eigenvalue weighted by molar-refractivity contribution is 5.57. The van der Waals surface area contributed by atoms with Crippen molar-refractivity contribution in [2.24, 2.45) is 0 Å². The van der Waals surface area contributed by atoms with Crippen LogP contribution in [0.5, 0.6) is 0 Å². The number of imidazole rings is 1. The smallest absolute Gasteiger partial charge is 0.345 e. The molecule has 0 atom stereocenters. The summed E-state index contributed by atoms with van der Waals surface area (Å²) in [6.45, 7) is 0. The second-order valence-electron chi connectivity index (χ2n) is 2.93. The molecule has 0 aliphatic heterocycles. The molecule has 6 heteroatoms. The van der Waals surface area contributed by atoms with Gasteiger partial charge in [-0.2, -0.15) is 13.2 Å². The Labute approximate surface area is 83.0 Å². The van der Waals surface area contributed by atoms with Gasteiger partial charge in [0.1, 0.15) is 0 Å². The van der Waals surface area contributed by atoms with Crippen LogP contribution < -0.4 is 0 Å². The molecule has 0 spiro atoms. The molecule has 2 heterocycles. The van der Waals surface area contributed by atoms with Crippen LogP contribution in [0.15, 0.2) is 31.0 Å². The third-order valence-electron chi connectivity index (χ3n) is 1.87. The fraction of sp³-hybridized carbons (Fsp3) is 0.111. The summed E-state index contributed by atoms with van der Waals surface area (Å²) in [6, 6.07) is 1.03. The molecule has 0 aliphatic rings. The molecule has 2 rings (SSSR count). The van der Waals surface area contributed by atoms with E-state index in [1.807, 2.05) is 0 Å². The Bertz CT molecular complexity index is 448. The lowest BCUT2D eigenvalue weighted by Crippen LogP contribution is -2.05. The lowest BCUT2D eigenvalue weighted by atomic mass is 10.1. The summed E-state index contributed by atoms with van der Waals surface area (Å²) in [5.74, 6) is 0. The summed E-state index contributed by atoms with van der Waals surface area (Å²) in [5, 5.41) is 0. The molecule has 0 aliphatic carbocycles. The van der Waals surface area contributed by atoms with Gasteiger partial charge >= 0.3 is 6.18 Å². The van der Waals surface area contributed by atoms with Gasteiger partial charge in [-0.3, -0.25) is 4.98 Å². The maximum Gasteiger partial charge on any atom is 0.417 e. The molecule has 0 bridgehead atoms. The van der Waals surface area contributed by atoms with Gasteiger partial charge in [0.2, 0.25) is 0 Å². The Morgan fingerprint density at radius 2 is 1.87 bits per heavy atom. The standard InChI is InChI=1S/C9H6F3N3/c10-9(11,12)7-1-6(2-13-3-7)8-4-14-5-15-8/h1-5H,(H,14,15). The van der Waals surface area contributed by atoms with Gasteiger partial charge in [0, 0.05) is 18.0 Å². The molecular formula is C9H6F3N3. The van der Waals surface area contributed by atoms with Crippen molar-refractivity contribution in [1.82, 2.24) is 15.0 Å². The zero-order valence-electron chi connectivity index (χ0n) is 7.42. The highest BCUT2D eigenvalue weighted by atomic mass is 19.4. The van der Waals surface area contributed by atoms with E-state index in [-0.39, 0.29) is 0 Å². The van der Waals surface area contributed by atoms with E-state index in [0.29, 0.717) is 11.3 Å². The van der Waals surface area contributed by atoms with Gasteiger partial charge in [-0.25, -0.2) is 4.98 Å². The number of aromatic nitrogens is 3. The molecule has 0 saturated heterocycles. The normalized spacial score (nSPS) is 11.7. The molecule has 0 amide bonds. The summed E-state index contributed by atoms with van der Waals surface area (Å²) in [5.41, 5.74) is 0.102. The Balaban J connectivity index is 2.44. The number of nitrogens with zero attached hydrogens (tertiary/aromatic N) is 2. The minimum atomic E-state index is -4.37. The minimum Gasteiger partial charge on any atom is -0.345 e. The van der Waals surface area contributed by atoms with E-state index >= 15 is 0 Å². The fourth-order valence-corrected chi connectivity index (χ4v) is 1.16. The quantitative estimate of drug-likeness (QED) is 0.790. The highest BCUT2D eigenvalue weighted by Gasteiger charge is 2.31. The largest absolute Gasteiger partial charge is 0.417 e. The molecule has 2 aromatic heterocycles. The highest BCUT2D eigenvalue weighted by Crippen LogP contribution is 2.30. The minimum absolute atomic E-state index is 0.363. The van der Waals surface area contributed by atoms with Crippen LogP contribution in [0, 0.1) is 0 Å². The monoisotopic (exact) mass is 213 g/mol. The van der Waals surface area contributed by atoms with Crippen molar-refractivity contribution in [2.45, 2.75) is 6.18 Å². The average Bonchev–Trinajstić information content (AvgIpc) is 2.69. The van der Waals surface area contributed by atoms with Gasteiger partial charge in [-0.15, -0.1) is 0 Å². The number of aromatic amines is 1. The molecule has 0 unspecified atom stereocenters. The Kier molecular flexibility index (Phi) is 2.18. The maximum atomic E-state index is 12.3. The first-order valence-electron chi connectivity index (χ1n) is 4.08. The molecule has 0 aromatic carbocycles. The number of hydrogen-bond acceptors (Lipinski definition) is 2. The summed E-state index contributed by atoms with van der Waals surface area (Å²) < 4.78 is 37.0. The molecule has 15 heavy (non-hydrogen) atoms. The van der Waals surface area contributed by atoms with E-state index in [2.05, 4.69) is 15.0 Å². The second kappa shape index (κ2) is 3.38. The van der Waals surface area contributed by atoms with E-state index < -0.39 is 11.7 Å². The number of H-pyrrole nitrogens is 1. The van der Waals surface area contributed by atoms with E-state index in [4.69, 9.17) is 0 Å². The van der Waals surface area contributed by atoms with Crippen molar-refractivity contribution in [2.75, 3.05) is 0 Å². The average molecular weight is 213 g/mol. The van der Waals surface area contributed by atoms with E-state index in [1.165, 1.54) is 18.7 Å². The summed E-state index contributed by atoms with van der Waals surface area (Å²) in [4.78, 5) is 9.98. The number of nitrogens with one attached hydrogen (secondary N) is 1. The van der Waals surface area contributed by atoms with E-state index in [9.17, 15) is 13.2 Å². The molecule has 1 N–H and O–H groups in total. The second-order valence-corrected chi connectivity index (χ2v) is 2.93. The van der Waals surface area contributed by atoms with Crippen LogP contribution in [0.4, 0.5) is 13.2 Å². The predicted octanol–water partition coefficient (Wildman–Crippen LogP) is 2.49. The molecule has 0 radical (unpaired) electrons. The van der Waals surface area contributed by atoms with Crippen LogP contribution in [0.1, 0.15) is 5.56 Å². The van der Waals surface area contributed by atoms with Crippen molar-refractivity contribution in [1.29, 1.82) is 0 Å². The molecule has 0 saturated carbocycles. The van der Waals surface area contributed by atoms with E-state index in [1.54, 1.807) is 0 Å². The number of alkyl halides is 3. The number of rotatable bonds is 1. The lowest BCUT2D eigenvalue weighted by Gasteiger charge is -2.06. The van der Waals surface area contributed by atoms with Crippen LogP contribution >= 0.6 is 0 Å². The third kappa shape index (κ3) is 1.98. The fourth-order valence-electron chi connectivity index (χ4n) is 1.16. The Hall–Kier alpha value is -1.85. The van der Waals surface area contributed by atoms with Crippen molar-refractivity contribution in [3.63, 3.8) is 0 Å². The summed E-state index contributed by atoms with van der Waals surface area (Å²) >= 11 is 0. The molecule has 3 nitrogen and oxygen atoms in total. The maximum absolute atomic E-state index is 12.3. The first-order valence-corrected chi connectivity index (χ1v) is 4.08. The van der Waals surface area contributed by atoms with Gasteiger partial charge < -0.3 is 4.98 Å². The van der Waals surface area contributed by atoms with Gasteiger partial charge in [-0.05, 0) is 6.07 Å². The molecule has 0 fully saturated rings. The van der Waals surface area contributed by atoms with Crippen LogP contribution in [-0.2, 0) is 6.18 Å². The van der Waals surface area contributed by atoms with Gasteiger partial charge in [0.25, 0.3) is 0 Å². The summed E-state index contributed by atoms with van der Waals surface area (Å²) in [7, 11) is 0. The van der Waals surface area contributed by atoms with Gasteiger partial charge in [-0.1, -0.05) is 0 Å². The number of halogens is 3. The Morgan fingerprint density at radius 3 is 2.47 bits per heavy atom. The topological polar surface area (TPSA) is 41.6 Å². The lowest BCUT2D eigenvalue weighted by molar-refractivity contribution is -0.137. The van der Waals surface area contributed by atoms with Crippen molar-refractivity contribution < 1.29 is 13.2 Å². The zero-order valence-corrected chi connectivity index (χ0v) is 7.42. The summed E-state index contributed by atoms with van der Waals surface area (Å²) in [6.07, 6.45) is 0.610. The Morgan fingerprint density at radius 1 is 1.07 bits per heavy atom. The van der Waals surface area contributed by atoms with Gasteiger partial charge in [0.15, 0.2) is 0 Å². The molecule has 78 valence electrons. The molecule has 2 aromatic rings. The van der Waals surface area contributed by atoms with Crippen molar-refractivity contribution >= 4 is 0 Å². The third-order valence-corrected chi connectivity index (χ3v) is 1.87. The van der Waals surface area contributed by atoms with Crippen molar-refractivity contribution in [3.8, 4) is 11.3 Å². The number of hydrogen-bond donors (Lipinski definition) is 1. The van der Waals surface area contributed by atoms with Crippen molar-refractivity contribution in [3.05, 3.63) is 36.5 Å². The predicted molar refractivity (Wildman–Crippen MR) is 46.8 cm³/mol. The molecular weight excluding hydrogens is 207 g/mol. The first kappa shape index (κ1) is 9.70. The van der Waals surface area contributed by atoms with E-state index in [0.717, 1.165) is 12.3 Å². The first-order chi connectivity index (χ1) is 7.07. The number of pyridine rings is 1. The van der Waals surface area contributed by atoms with Crippen LogP contribution in [0.25, 0.3) is 11.3 Å². The van der Waals surface area contributed by atoms with Crippen LogP contribution in [0.3, 0.4) is 0 Å². The van der Waals surface area contributed by atoms with Crippen LogP contribution in [0.2, 0.25) is 0 Å². The van der Waals surface area contributed by atoms with Gasteiger partial charge in [0.05, 0.1) is 23.8 Å². The van der Waals surface area contributed by atoms with Crippen LogP contribution in [-0.4, -0.2) is 15.0 Å². The SMILES string of the molecule is FC(F)(F)c1cncc(-c2cnc[nH]2)c1. The zero-order chi connectivity index (χ0) is 10.9.